The van der Waals surface area contributed by atoms with Crippen LogP contribution in [-0.4, -0.2) is 24.7 Å². The molecule has 3 aromatic rings. The predicted molar refractivity (Wildman–Crippen MR) is 115 cm³/mol. The second-order valence-corrected chi connectivity index (χ2v) is 9.05. The van der Waals surface area contributed by atoms with Gasteiger partial charge < -0.3 is 9.88 Å². The van der Waals surface area contributed by atoms with E-state index in [1.165, 1.54) is 11.4 Å². The van der Waals surface area contributed by atoms with Gasteiger partial charge in [0.25, 0.3) is 0 Å². The van der Waals surface area contributed by atoms with Crippen LogP contribution in [0.15, 0.2) is 41.4 Å². The van der Waals surface area contributed by atoms with Gasteiger partial charge in [-0.05, 0) is 43.2 Å². The van der Waals surface area contributed by atoms with E-state index < -0.39 is 11.0 Å². The number of nitrogens with two attached hydrogens (primary N) is 2. The zero-order valence-electron chi connectivity index (χ0n) is 16.4. The van der Waals surface area contributed by atoms with Gasteiger partial charge in [0, 0.05) is 17.3 Å². The molecule has 0 radical (unpaired) electrons. The zero-order chi connectivity index (χ0) is 20.9. The molecule has 1 aliphatic carbocycles. The molecule has 1 aromatic carbocycles. The monoisotopic (exact) mass is 425 g/mol. The lowest BCUT2D eigenvalue weighted by atomic mass is 9.78. The molecule has 0 saturated heterocycles. The Bertz CT molecular complexity index is 1150. The Kier molecular flexibility index (Phi) is 4.57. The SMILES string of the molecule is NN1C(=O)CC2(CCCCC2)n2c1cc1cnc(Nc3ccc(S(N)=O)cc3)nc12. The normalized spacial score (nSPS) is 19.1. The van der Waals surface area contributed by atoms with E-state index in [1.54, 1.807) is 30.5 Å². The van der Waals surface area contributed by atoms with Crippen LogP contribution in [0, 0.1) is 0 Å². The molecule has 10 heteroatoms. The van der Waals surface area contributed by atoms with Gasteiger partial charge in [0.15, 0.2) is 0 Å². The van der Waals surface area contributed by atoms with Gasteiger partial charge in [-0.3, -0.25) is 4.79 Å². The number of hydrogen-bond acceptors (Lipinski definition) is 6. The average molecular weight is 426 g/mol. The van der Waals surface area contributed by atoms with E-state index in [9.17, 15) is 9.00 Å². The maximum absolute atomic E-state index is 12.6. The fourth-order valence-corrected chi connectivity index (χ4v) is 5.07. The molecule has 1 atom stereocenters. The summed E-state index contributed by atoms with van der Waals surface area (Å²) in [4.78, 5) is 22.3. The number of hydrogen-bond donors (Lipinski definition) is 3. The first-order chi connectivity index (χ1) is 14.5. The van der Waals surface area contributed by atoms with Crippen molar-refractivity contribution in [3.05, 3.63) is 36.5 Å². The average Bonchev–Trinajstić information content (AvgIpc) is 3.13. The number of anilines is 3. The number of nitrogens with zero attached hydrogens (tertiary/aromatic N) is 4. The largest absolute Gasteiger partial charge is 0.324 e. The van der Waals surface area contributed by atoms with E-state index in [4.69, 9.17) is 16.0 Å². The maximum atomic E-state index is 12.6. The molecule has 0 bridgehead atoms. The topological polar surface area (TPSA) is 132 Å². The molecular formula is C20H23N7O2S. The summed E-state index contributed by atoms with van der Waals surface area (Å²) in [6, 6.07) is 8.85. The Balaban J connectivity index is 1.57. The Morgan fingerprint density at radius 2 is 1.87 bits per heavy atom. The molecule has 2 aliphatic rings. The minimum absolute atomic E-state index is 0.0594. The van der Waals surface area contributed by atoms with E-state index in [0.29, 0.717) is 23.1 Å². The van der Waals surface area contributed by atoms with Gasteiger partial charge in [0.1, 0.15) is 22.5 Å². The van der Waals surface area contributed by atoms with Gasteiger partial charge in [0.2, 0.25) is 11.9 Å². The first kappa shape index (κ1) is 19.2. The molecule has 9 nitrogen and oxygen atoms in total. The number of hydrazine groups is 1. The Labute approximate surface area is 176 Å². The van der Waals surface area contributed by atoms with Gasteiger partial charge in [0.05, 0.1) is 16.9 Å². The first-order valence-electron chi connectivity index (χ1n) is 9.97. The number of fused-ring (bicyclic) bond motifs is 4. The Morgan fingerprint density at radius 3 is 2.57 bits per heavy atom. The smallest absolute Gasteiger partial charge is 0.244 e. The van der Waals surface area contributed by atoms with Gasteiger partial charge in [-0.25, -0.2) is 25.2 Å². The Morgan fingerprint density at radius 1 is 1.13 bits per heavy atom. The minimum Gasteiger partial charge on any atom is -0.324 e. The van der Waals surface area contributed by atoms with Crippen molar-refractivity contribution in [3.63, 3.8) is 0 Å². The summed E-state index contributed by atoms with van der Waals surface area (Å²) in [5, 5.41) is 10.7. The van der Waals surface area contributed by atoms with Gasteiger partial charge in [-0.1, -0.05) is 19.3 Å². The fourth-order valence-electron chi connectivity index (χ4n) is 4.67. The van der Waals surface area contributed by atoms with Gasteiger partial charge in [-0.15, -0.1) is 0 Å². The van der Waals surface area contributed by atoms with E-state index in [-0.39, 0.29) is 11.4 Å². The fraction of sp³-hybridized carbons (Fsp3) is 0.350. The van der Waals surface area contributed by atoms with E-state index in [1.807, 2.05) is 6.07 Å². The molecule has 30 heavy (non-hydrogen) atoms. The summed E-state index contributed by atoms with van der Waals surface area (Å²) in [6.07, 6.45) is 7.37. The Hall–Kier alpha value is -2.82. The second kappa shape index (κ2) is 7.15. The highest BCUT2D eigenvalue weighted by Crippen LogP contribution is 2.46. The van der Waals surface area contributed by atoms with Crippen LogP contribution >= 0.6 is 0 Å². The summed E-state index contributed by atoms with van der Waals surface area (Å²) in [5.41, 5.74) is 1.25. The lowest BCUT2D eigenvalue weighted by molar-refractivity contribution is -0.122. The third-order valence-electron chi connectivity index (χ3n) is 6.12. The third-order valence-corrected chi connectivity index (χ3v) is 6.86. The number of rotatable bonds is 3. The highest BCUT2D eigenvalue weighted by atomic mass is 32.2. The summed E-state index contributed by atoms with van der Waals surface area (Å²) in [5.74, 6) is 7.16. The van der Waals surface area contributed by atoms with Crippen molar-refractivity contribution in [2.75, 3.05) is 10.3 Å². The molecular weight excluding hydrogens is 402 g/mol. The number of amides is 1. The molecule has 1 saturated carbocycles. The summed E-state index contributed by atoms with van der Waals surface area (Å²) in [7, 11) is -1.52. The van der Waals surface area contributed by atoms with Crippen molar-refractivity contribution >= 4 is 45.4 Å². The van der Waals surface area contributed by atoms with Crippen LogP contribution in [0.5, 0.6) is 0 Å². The molecule has 1 amide bonds. The highest BCUT2D eigenvalue weighted by Gasteiger charge is 2.44. The number of benzene rings is 1. The van der Waals surface area contributed by atoms with Crippen molar-refractivity contribution in [2.24, 2.45) is 11.0 Å². The predicted octanol–water partition coefficient (Wildman–Crippen LogP) is 2.43. The molecule has 1 fully saturated rings. The van der Waals surface area contributed by atoms with Crippen molar-refractivity contribution in [2.45, 2.75) is 49.0 Å². The summed E-state index contributed by atoms with van der Waals surface area (Å²) >= 11 is 0. The standard InChI is InChI=1S/C20H23N7O2S/c21-27-16-10-13-12-23-19(24-14-4-6-15(7-5-14)30(22)29)25-18(13)26(16)20(11-17(27)28)8-2-1-3-9-20/h4-7,10,12H,1-3,8-9,11,21-22H2,(H,23,24,25). The molecule has 3 heterocycles. The lowest BCUT2D eigenvalue weighted by Crippen LogP contribution is -2.52. The molecule has 1 unspecified atom stereocenters. The van der Waals surface area contributed by atoms with Gasteiger partial charge in [-0.2, -0.15) is 4.98 Å². The van der Waals surface area contributed by atoms with Crippen molar-refractivity contribution < 1.29 is 9.00 Å². The molecule has 1 spiro atoms. The highest BCUT2D eigenvalue weighted by molar-refractivity contribution is 7.82. The number of carbonyl (C=O) groups excluding carboxylic acids is 1. The molecule has 5 N–H and O–H groups in total. The number of nitrogens with one attached hydrogen (secondary N) is 1. The molecule has 5 rings (SSSR count). The van der Waals surface area contributed by atoms with E-state index >= 15 is 0 Å². The number of carbonyl (C=O) groups is 1. The lowest BCUT2D eigenvalue weighted by Gasteiger charge is -2.44. The third kappa shape index (κ3) is 3.08. The molecule has 156 valence electrons. The minimum atomic E-state index is -1.52. The van der Waals surface area contributed by atoms with Gasteiger partial charge >= 0.3 is 0 Å². The van der Waals surface area contributed by atoms with Crippen LogP contribution in [0.2, 0.25) is 0 Å². The van der Waals surface area contributed by atoms with E-state index in [2.05, 4.69) is 14.9 Å². The zero-order valence-corrected chi connectivity index (χ0v) is 17.2. The molecule has 1 aliphatic heterocycles. The summed E-state index contributed by atoms with van der Waals surface area (Å²) < 4.78 is 13.5. The van der Waals surface area contributed by atoms with Crippen molar-refractivity contribution in [3.8, 4) is 0 Å². The van der Waals surface area contributed by atoms with Crippen LogP contribution in [-0.2, 0) is 21.3 Å². The number of aromatic nitrogens is 3. The van der Waals surface area contributed by atoms with Crippen LogP contribution in [0.4, 0.5) is 17.5 Å². The van der Waals surface area contributed by atoms with Crippen LogP contribution in [0.1, 0.15) is 38.5 Å². The van der Waals surface area contributed by atoms with E-state index in [0.717, 1.165) is 42.4 Å². The van der Waals surface area contributed by atoms with Crippen molar-refractivity contribution in [1.82, 2.24) is 14.5 Å². The maximum Gasteiger partial charge on any atom is 0.244 e. The second-order valence-electron chi connectivity index (χ2n) is 7.98. The van der Waals surface area contributed by atoms with Crippen LogP contribution in [0.3, 0.4) is 0 Å². The molecule has 2 aromatic heterocycles. The quantitative estimate of drug-likeness (QED) is 0.436. The first-order valence-corrected chi connectivity index (χ1v) is 11.2. The van der Waals surface area contributed by atoms with Crippen LogP contribution < -0.4 is 21.3 Å². The van der Waals surface area contributed by atoms with Crippen LogP contribution in [0.25, 0.3) is 11.0 Å². The van der Waals surface area contributed by atoms with Crippen molar-refractivity contribution in [1.29, 1.82) is 0 Å². The summed E-state index contributed by atoms with van der Waals surface area (Å²) in [6.45, 7) is 0.